The number of ether oxygens (including phenoxy) is 1. The first-order valence-electron chi connectivity index (χ1n) is 14.8. The van der Waals surface area contributed by atoms with Crippen LogP contribution in [0.5, 0.6) is 5.75 Å². The van der Waals surface area contributed by atoms with Gasteiger partial charge in [-0.05, 0) is 18.9 Å². The average molecular weight is 699 g/mol. The van der Waals surface area contributed by atoms with E-state index in [1.54, 1.807) is 36.4 Å². The highest BCUT2D eigenvalue weighted by Crippen LogP contribution is 2.44. The van der Waals surface area contributed by atoms with Gasteiger partial charge in [0, 0.05) is 23.2 Å². The van der Waals surface area contributed by atoms with Crippen LogP contribution in [0.2, 0.25) is 0 Å². The lowest BCUT2D eigenvalue weighted by molar-refractivity contribution is -0.192. The number of aliphatic hydroxyl groups is 1. The fourth-order valence-electron chi connectivity index (χ4n) is 5.65. The predicted octanol–water partition coefficient (Wildman–Crippen LogP) is 6.13. The first kappa shape index (κ1) is 35.3. The number of hydrogen-bond donors (Lipinski definition) is 4. The Labute approximate surface area is 272 Å². The second kappa shape index (κ2) is 13.9. The van der Waals surface area contributed by atoms with Crippen molar-refractivity contribution in [3.05, 3.63) is 59.7 Å². The van der Waals surface area contributed by atoms with Gasteiger partial charge in [-0.3, -0.25) is 4.79 Å². The summed E-state index contributed by atoms with van der Waals surface area (Å²) in [6.07, 6.45) is -6.99. The zero-order valence-corrected chi connectivity index (χ0v) is 25.2. The topological polar surface area (TPSA) is 181 Å². The van der Waals surface area contributed by atoms with Crippen LogP contribution >= 0.6 is 0 Å². The molecule has 1 aliphatic heterocycles. The number of nitrogens with zero attached hydrogens (tertiary/aromatic N) is 3. The molecule has 0 unspecified atom stereocenters. The van der Waals surface area contributed by atoms with Gasteiger partial charge < -0.3 is 34.4 Å². The van der Waals surface area contributed by atoms with Crippen LogP contribution in [-0.2, 0) is 15.8 Å². The highest BCUT2D eigenvalue weighted by atomic mass is 19.4. The molecule has 2 aliphatic rings. The molecule has 0 amide bonds. The number of carbonyl (C=O) groups is 2. The number of aromatic nitrogens is 3. The highest BCUT2D eigenvalue weighted by Gasteiger charge is 2.44. The molecular formula is C31H28F6N4O8. The quantitative estimate of drug-likeness (QED) is 0.162. The normalized spacial score (nSPS) is 18.8. The van der Waals surface area contributed by atoms with Crippen molar-refractivity contribution >= 4 is 11.9 Å². The molecule has 0 saturated heterocycles. The molecule has 4 N–H and O–H groups in total. The summed E-state index contributed by atoms with van der Waals surface area (Å²) >= 11 is 0. The molecule has 2 aromatic heterocycles. The van der Waals surface area contributed by atoms with Gasteiger partial charge in [-0.1, -0.05) is 72.0 Å². The summed E-state index contributed by atoms with van der Waals surface area (Å²) in [5.74, 6) is -4.46. The van der Waals surface area contributed by atoms with Crippen LogP contribution in [0.4, 0.5) is 26.3 Å². The molecule has 262 valence electrons. The van der Waals surface area contributed by atoms with E-state index in [1.165, 1.54) is 12.1 Å². The van der Waals surface area contributed by atoms with Gasteiger partial charge in [0.15, 0.2) is 0 Å². The van der Waals surface area contributed by atoms with Crippen LogP contribution in [0.15, 0.2) is 57.6 Å². The average Bonchev–Trinajstić information content (AvgIpc) is 3.73. The molecule has 3 heterocycles. The van der Waals surface area contributed by atoms with Crippen LogP contribution in [0, 0.1) is 5.41 Å². The van der Waals surface area contributed by atoms with E-state index in [4.69, 9.17) is 23.7 Å². The van der Waals surface area contributed by atoms with Gasteiger partial charge in [0.1, 0.15) is 29.7 Å². The Morgan fingerprint density at radius 2 is 1.59 bits per heavy atom. The van der Waals surface area contributed by atoms with Crippen molar-refractivity contribution in [2.45, 2.75) is 56.6 Å². The molecule has 0 bridgehead atoms. The third-order valence-corrected chi connectivity index (χ3v) is 8.24. The standard InChI is InChI=1S/C29H27F3N4O6.C2HF3O2/c30-29(31,32)21-22(16-7-3-1-4-8-16)35-41-24(21)26-34-25(36-42-26)17-9-10-18-20(13-17)40-14-19(23(18)37)33-15-28(27(38)39)11-5-2-6-12-28;3-2(4,5)1(6)7/h1,3-4,7-10,13,19,23,33,37H,2,5-6,11-12,14-15H2,(H,38,39);(H,6,7)/t19-,23+;/m1./s1. The van der Waals surface area contributed by atoms with Crippen molar-refractivity contribution in [1.29, 1.82) is 0 Å². The number of aliphatic carboxylic acids is 2. The fraction of sp³-hybridized carbons (Fsp3) is 0.387. The minimum Gasteiger partial charge on any atom is -0.491 e. The molecule has 0 radical (unpaired) electrons. The van der Waals surface area contributed by atoms with Gasteiger partial charge in [-0.15, -0.1) is 0 Å². The van der Waals surface area contributed by atoms with Gasteiger partial charge in [-0.2, -0.15) is 31.3 Å². The van der Waals surface area contributed by atoms with Crippen molar-refractivity contribution in [1.82, 2.24) is 20.6 Å². The zero-order chi connectivity index (χ0) is 35.6. The number of rotatable bonds is 7. The lowest BCUT2D eigenvalue weighted by Gasteiger charge is -2.37. The summed E-state index contributed by atoms with van der Waals surface area (Å²) in [5.41, 5.74) is -1.32. The fourth-order valence-corrected chi connectivity index (χ4v) is 5.65. The van der Waals surface area contributed by atoms with Gasteiger partial charge >= 0.3 is 24.3 Å². The second-order valence-corrected chi connectivity index (χ2v) is 11.5. The summed E-state index contributed by atoms with van der Waals surface area (Å²) in [7, 11) is 0. The van der Waals surface area contributed by atoms with Crippen molar-refractivity contribution in [3.8, 4) is 40.0 Å². The lowest BCUT2D eigenvalue weighted by atomic mass is 9.74. The van der Waals surface area contributed by atoms with Crippen molar-refractivity contribution in [3.63, 3.8) is 0 Å². The van der Waals surface area contributed by atoms with E-state index < -0.39 is 64.8 Å². The van der Waals surface area contributed by atoms with E-state index in [-0.39, 0.29) is 24.5 Å². The number of carboxylic acids is 2. The van der Waals surface area contributed by atoms with Gasteiger partial charge in [0.05, 0.1) is 11.5 Å². The van der Waals surface area contributed by atoms with E-state index in [0.717, 1.165) is 19.3 Å². The first-order valence-corrected chi connectivity index (χ1v) is 14.8. The van der Waals surface area contributed by atoms with Crippen LogP contribution in [0.3, 0.4) is 0 Å². The number of nitrogens with one attached hydrogen (secondary N) is 1. The smallest absolute Gasteiger partial charge is 0.490 e. The minimum atomic E-state index is -5.08. The molecule has 2 atom stereocenters. The second-order valence-electron chi connectivity index (χ2n) is 11.5. The van der Waals surface area contributed by atoms with Crippen LogP contribution < -0.4 is 10.1 Å². The lowest BCUT2D eigenvalue weighted by Crippen LogP contribution is -2.50. The molecule has 0 spiro atoms. The summed E-state index contributed by atoms with van der Waals surface area (Å²) in [6.45, 7) is 0.306. The number of hydrogen-bond acceptors (Lipinski definition) is 10. The molecule has 12 nitrogen and oxygen atoms in total. The van der Waals surface area contributed by atoms with E-state index in [0.29, 0.717) is 29.7 Å². The Morgan fingerprint density at radius 3 is 2.20 bits per heavy atom. The number of halogens is 6. The predicted molar refractivity (Wildman–Crippen MR) is 155 cm³/mol. The number of benzene rings is 2. The molecule has 4 aromatic rings. The monoisotopic (exact) mass is 698 g/mol. The number of fused-ring (bicyclic) bond motifs is 1. The summed E-state index contributed by atoms with van der Waals surface area (Å²) in [5, 5.41) is 38.7. The minimum absolute atomic E-state index is 0.0161. The molecule has 1 fully saturated rings. The summed E-state index contributed by atoms with van der Waals surface area (Å²) < 4.78 is 90.0. The van der Waals surface area contributed by atoms with Crippen molar-refractivity contribution < 1.29 is 65.0 Å². The Morgan fingerprint density at radius 1 is 0.918 bits per heavy atom. The maximum Gasteiger partial charge on any atom is 0.490 e. The van der Waals surface area contributed by atoms with Gasteiger partial charge in [0.2, 0.25) is 11.6 Å². The third-order valence-electron chi connectivity index (χ3n) is 8.24. The maximum atomic E-state index is 14.1. The molecule has 18 heteroatoms. The Kier molecular flexibility index (Phi) is 10.0. The molecule has 1 aliphatic carbocycles. The number of carboxylic acid groups (broad SMARTS) is 2. The number of aliphatic hydroxyl groups excluding tert-OH is 1. The largest absolute Gasteiger partial charge is 0.491 e. The van der Waals surface area contributed by atoms with E-state index >= 15 is 0 Å². The Hall–Kier alpha value is -4.97. The maximum absolute atomic E-state index is 14.1. The molecule has 2 aromatic carbocycles. The van der Waals surface area contributed by atoms with E-state index in [1.807, 2.05) is 0 Å². The molecule has 1 saturated carbocycles. The highest BCUT2D eigenvalue weighted by molar-refractivity contribution is 5.75. The van der Waals surface area contributed by atoms with Gasteiger partial charge in [-0.25, -0.2) is 4.79 Å². The number of alkyl halides is 6. The van der Waals surface area contributed by atoms with Crippen LogP contribution in [0.25, 0.3) is 34.3 Å². The summed E-state index contributed by atoms with van der Waals surface area (Å²) in [4.78, 5) is 25.0. The third kappa shape index (κ3) is 7.69. The van der Waals surface area contributed by atoms with Crippen LogP contribution in [0.1, 0.15) is 49.3 Å². The van der Waals surface area contributed by atoms with Crippen LogP contribution in [-0.4, -0.2) is 67.9 Å². The van der Waals surface area contributed by atoms with Crippen molar-refractivity contribution in [2.24, 2.45) is 5.41 Å². The SMILES string of the molecule is O=C(O)C(F)(F)F.O=C(O)C1(CN[C@@H]2COc3cc(-c4noc(-c5onc(-c6ccccc6)c5C(F)(F)F)n4)ccc3[C@@H]2O)CCCCC1. The van der Waals surface area contributed by atoms with Gasteiger partial charge in [0.25, 0.3) is 5.89 Å². The molecule has 49 heavy (non-hydrogen) atoms. The zero-order valence-electron chi connectivity index (χ0n) is 25.2. The Bertz CT molecular complexity index is 1780. The van der Waals surface area contributed by atoms with E-state index in [2.05, 4.69) is 20.6 Å². The Balaban J connectivity index is 0.000000606. The summed E-state index contributed by atoms with van der Waals surface area (Å²) in [6, 6.07) is 12.0. The van der Waals surface area contributed by atoms with E-state index in [9.17, 15) is 41.4 Å². The first-order chi connectivity index (χ1) is 23.1. The molecule has 6 rings (SSSR count). The molecular weight excluding hydrogens is 670 g/mol. The van der Waals surface area contributed by atoms with Crippen molar-refractivity contribution in [2.75, 3.05) is 13.2 Å².